The van der Waals surface area contributed by atoms with Crippen molar-refractivity contribution in [3.8, 4) is 45.3 Å². The lowest BCUT2D eigenvalue weighted by atomic mass is 9.99. The van der Waals surface area contributed by atoms with E-state index in [9.17, 15) is 0 Å². The average molecular weight is 446 g/mol. The van der Waals surface area contributed by atoms with Crippen LogP contribution in [0.3, 0.4) is 0 Å². The molecule has 0 radical (unpaired) electrons. The third-order valence-corrected chi connectivity index (χ3v) is 5.30. The van der Waals surface area contributed by atoms with Crippen LogP contribution in [0.15, 0.2) is 97.1 Å². The van der Waals surface area contributed by atoms with Gasteiger partial charge in [-0.25, -0.2) is 28.6 Å². The van der Waals surface area contributed by atoms with Gasteiger partial charge < -0.3 is 0 Å². The fraction of sp³-hybridized carbons (Fsp3) is 0. The van der Waals surface area contributed by atoms with E-state index in [2.05, 4.69) is 19.8 Å². The van der Waals surface area contributed by atoms with Gasteiger partial charge in [-0.05, 0) is 11.6 Å². The number of halogens is 2. The molecule has 0 aliphatic carbocycles. The van der Waals surface area contributed by atoms with Gasteiger partial charge in [-0.15, -0.1) is 0 Å². The predicted octanol–water partition coefficient (Wildman–Crippen LogP) is 7.37. The standard InChI is InChI=1S/C28H16F2N4/c1-31-22-17-21(24(29)23(25(22)30)18-11-5-2-6-12-18)28-33-26(19-13-7-3-8-14-19)32-27(34-28)20-15-9-4-10-16-20/h2-17H. The number of benzene rings is 4. The molecule has 0 N–H and O–H groups in total. The molecule has 0 unspecified atom stereocenters. The first kappa shape index (κ1) is 21.1. The molecule has 34 heavy (non-hydrogen) atoms. The minimum atomic E-state index is -0.914. The molecule has 4 aromatic carbocycles. The van der Waals surface area contributed by atoms with Crippen LogP contribution in [0.4, 0.5) is 14.5 Å². The molecule has 1 aromatic heterocycles. The Morgan fingerprint density at radius 1 is 0.559 bits per heavy atom. The molecular weight excluding hydrogens is 430 g/mol. The van der Waals surface area contributed by atoms with Crippen LogP contribution in [-0.2, 0) is 0 Å². The maximum Gasteiger partial charge on any atom is 0.223 e. The van der Waals surface area contributed by atoms with Crippen molar-refractivity contribution >= 4 is 5.69 Å². The van der Waals surface area contributed by atoms with Crippen LogP contribution in [0.1, 0.15) is 0 Å². The van der Waals surface area contributed by atoms with Gasteiger partial charge in [0, 0.05) is 22.3 Å². The van der Waals surface area contributed by atoms with Crippen LogP contribution in [0.25, 0.3) is 50.1 Å². The van der Waals surface area contributed by atoms with Crippen molar-refractivity contribution in [3.05, 3.63) is 120 Å². The fourth-order valence-electron chi connectivity index (χ4n) is 3.65. The summed E-state index contributed by atoms with van der Waals surface area (Å²) in [5, 5.41) is 0. The summed E-state index contributed by atoms with van der Waals surface area (Å²) >= 11 is 0. The van der Waals surface area contributed by atoms with E-state index < -0.39 is 11.6 Å². The highest BCUT2D eigenvalue weighted by Gasteiger charge is 2.23. The van der Waals surface area contributed by atoms with Gasteiger partial charge in [0.1, 0.15) is 11.6 Å². The number of rotatable bonds is 4. The Morgan fingerprint density at radius 2 is 1.00 bits per heavy atom. The summed E-state index contributed by atoms with van der Waals surface area (Å²) in [7, 11) is 0. The molecule has 0 bridgehead atoms. The van der Waals surface area contributed by atoms with Gasteiger partial charge in [0.25, 0.3) is 0 Å². The molecule has 0 fully saturated rings. The molecule has 5 rings (SSSR count). The summed E-state index contributed by atoms with van der Waals surface area (Å²) in [4.78, 5) is 16.9. The van der Waals surface area contributed by atoms with E-state index in [1.807, 2.05) is 60.7 Å². The molecule has 0 aliphatic rings. The van der Waals surface area contributed by atoms with Gasteiger partial charge in [0.15, 0.2) is 17.5 Å². The minimum absolute atomic E-state index is 0.0206. The molecule has 5 aromatic rings. The number of hydrogen-bond donors (Lipinski definition) is 0. The lowest BCUT2D eigenvalue weighted by Gasteiger charge is -2.13. The Hall–Kier alpha value is -4.76. The van der Waals surface area contributed by atoms with Crippen LogP contribution < -0.4 is 0 Å². The van der Waals surface area contributed by atoms with Gasteiger partial charge in [0.05, 0.1) is 6.57 Å². The highest BCUT2D eigenvalue weighted by molar-refractivity contribution is 5.79. The minimum Gasteiger partial charge on any atom is -0.235 e. The monoisotopic (exact) mass is 446 g/mol. The number of hydrogen-bond acceptors (Lipinski definition) is 3. The molecule has 0 aliphatic heterocycles. The summed E-state index contributed by atoms with van der Waals surface area (Å²) < 4.78 is 30.9. The first-order chi connectivity index (χ1) is 16.7. The van der Waals surface area contributed by atoms with Gasteiger partial charge in [-0.1, -0.05) is 91.0 Å². The molecule has 162 valence electrons. The SMILES string of the molecule is [C-]#[N+]c1cc(-c2nc(-c3ccccc3)nc(-c3ccccc3)n2)c(F)c(-c2ccccc2)c1F. The van der Waals surface area contributed by atoms with Crippen molar-refractivity contribution in [1.82, 2.24) is 15.0 Å². The summed E-state index contributed by atoms with van der Waals surface area (Å²) in [6, 6.07) is 28.0. The van der Waals surface area contributed by atoms with E-state index in [1.54, 1.807) is 30.3 Å². The van der Waals surface area contributed by atoms with Gasteiger partial charge in [0.2, 0.25) is 5.69 Å². The Kier molecular flexibility index (Phi) is 5.59. The zero-order chi connectivity index (χ0) is 23.5. The van der Waals surface area contributed by atoms with Crippen LogP contribution in [-0.4, -0.2) is 15.0 Å². The molecule has 0 saturated heterocycles. The maximum atomic E-state index is 15.8. The fourth-order valence-corrected chi connectivity index (χ4v) is 3.65. The van der Waals surface area contributed by atoms with E-state index in [1.165, 1.54) is 0 Å². The normalized spacial score (nSPS) is 10.6. The highest BCUT2D eigenvalue weighted by Crippen LogP contribution is 2.38. The van der Waals surface area contributed by atoms with E-state index in [4.69, 9.17) is 6.57 Å². The Labute approximate surface area is 195 Å². The Bertz CT molecular complexity index is 1460. The quantitative estimate of drug-likeness (QED) is 0.271. The second-order valence-corrected chi connectivity index (χ2v) is 7.46. The molecule has 1 heterocycles. The van der Waals surface area contributed by atoms with Crippen molar-refractivity contribution in [2.45, 2.75) is 0 Å². The van der Waals surface area contributed by atoms with E-state index in [0.717, 1.165) is 17.2 Å². The van der Waals surface area contributed by atoms with Crippen molar-refractivity contribution < 1.29 is 8.78 Å². The van der Waals surface area contributed by atoms with Crippen LogP contribution in [0, 0.1) is 18.2 Å². The third kappa shape index (κ3) is 3.91. The molecule has 0 saturated carbocycles. The first-order valence-electron chi connectivity index (χ1n) is 10.5. The number of aromatic nitrogens is 3. The highest BCUT2D eigenvalue weighted by atomic mass is 19.1. The third-order valence-electron chi connectivity index (χ3n) is 5.30. The summed E-state index contributed by atoms with van der Waals surface area (Å²) in [5.41, 5.74) is 1.11. The Balaban J connectivity index is 1.79. The summed E-state index contributed by atoms with van der Waals surface area (Å²) in [6.45, 7) is 7.44. The van der Waals surface area contributed by atoms with E-state index in [-0.39, 0.29) is 22.6 Å². The summed E-state index contributed by atoms with van der Waals surface area (Å²) in [6.07, 6.45) is 0. The van der Waals surface area contributed by atoms with Gasteiger partial charge in [-0.3, -0.25) is 0 Å². The number of nitrogens with zero attached hydrogens (tertiary/aromatic N) is 4. The van der Waals surface area contributed by atoms with E-state index >= 15 is 8.78 Å². The van der Waals surface area contributed by atoms with E-state index in [0.29, 0.717) is 17.2 Å². The predicted molar refractivity (Wildman–Crippen MR) is 128 cm³/mol. The molecule has 0 atom stereocenters. The van der Waals surface area contributed by atoms with Gasteiger partial charge >= 0.3 is 0 Å². The molecular formula is C28H16F2N4. The smallest absolute Gasteiger partial charge is 0.223 e. The molecule has 6 heteroatoms. The van der Waals surface area contributed by atoms with Crippen molar-refractivity contribution in [1.29, 1.82) is 0 Å². The molecule has 4 nitrogen and oxygen atoms in total. The second-order valence-electron chi connectivity index (χ2n) is 7.46. The van der Waals surface area contributed by atoms with Crippen molar-refractivity contribution in [2.24, 2.45) is 0 Å². The zero-order valence-corrected chi connectivity index (χ0v) is 17.8. The molecule has 0 spiro atoms. The largest absolute Gasteiger partial charge is 0.235 e. The zero-order valence-electron chi connectivity index (χ0n) is 17.8. The first-order valence-corrected chi connectivity index (χ1v) is 10.5. The lowest BCUT2D eigenvalue weighted by molar-refractivity contribution is 0.594. The lowest BCUT2D eigenvalue weighted by Crippen LogP contribution is -2.03. The Morgan fingerprint density at radius 3 is 1.47 bits per heavy atom. The van der Waals surface area contributed by atoms with Crippen LogP contribution in [0.2, 0.25) is 0 Å². The summed E-state index contributed by atoms with van der Waals surface area (Å²) in [5.74, 6) is -1.03. The maximum absolute atomic E-state index is 15.8. The second kappa shape index (κ2) is 9.00. The molecule has 0 amide bonds. The topological polar surface area (TPSA) is 43.0 Å². The average Bonchev–Trinajstić information content (AvgIpc) is 2.90. The van der Waals surface area contributed by atoms with Crippen molar-refractivity contribution in [3.63, 3.8) is 0 Å². The van der Waals surface area contributed by atoms with Crippen molar-refractivity contribution in [2.75, 3.05) is 0 Å². The van der Waals surface area contributed by atoms with Crippen LogP contribution in [0.5, 0.6) is 0 Å². The van der Waals surface area contributed by atoms with Gasteiger partial charge in [-0.2, -0.15) is 0 Å². The van der Waals surface area contributed by atoms with Crippen LogP contribution >= 0.6 is 0 Å².